The van der Waals surface area contributed by atoms with E-state index in [4.69, 9.17) is 5.11 Å². The molecule has 2 unspecified atom stereocenters. The van der Waals surface area contributed by atoms with Gasteiger partial charge in [-0.15, -0.1) is 6.58 Å². The first-order valence-electron chi connectivity index (χ1n) is 5.02. The number of nitrogens with one attached hydrogen (secondary N) is 2. The zero-order valence-corrected chi connectivity index (χ0v) is 9.97. The summed E-state index contributed by atoms with van der Waals surface area (Å²) in [6, 6.07) is -1.31. The van der Waals surface area contributed by atoms with Crippen molar-refractivity contribution in [1.29, 1.82) is 0 Å². The first kappa shape index (κ1) is 16.4. The Hall–Kier alpha value is -1.57. The number of halogens is 3. The highest BCUT2D eigenvalue weighted by molar-refractivity contribution is 5.84. The molecule has 0 saturated carbocycles. The fourth-order valence-electron chi connectivity index (χ4n) is 1.09. The van der Waals surface area contributed by atoms with E-state index in [2.05, 4.69) is 11.9 Å². The van der Waals surface area contributed by atoms with Gasteiger partial charge in [0.15, 0.2) is 0 Å². The first-order chi connectivity index (χ1) is 8.06. The van der Waals surface area contributed by atoms with Gasteiger partial charge in [-0.1, -0.05) is 6.08 Å². The summed E-state index contributed by atoms with van der Waals surface area (Å²) in [5.41, 5.74) is -3.18. The van der Waals surface area contributed by atoms with Crippen LogP contribution in [-0.2, 0) is 9.59 Å². The Bertz CT molecular complexity index is 344. The van der Waals surface area contributed by atoms with E-state index >= 15 is 0 Å². The van der Waals surface area contributed by atoms with E-state index in [1.165, 1.54) is 6.08 Å². The summed E-state index contributed by atoms with van der Waals surface area (Å²) in [4.78, 5) is 22.1. The van der Waals surface area contributed by atoms with E-state index in [-0.39, 0.29) is 6.54 Å². The Morgan fingerprint density at radius 3 is 2.28 bits per heavy atom. The Kier molecular flexibility index (Phi) is 5.34. The van der Waals surface area contributed by atoms with E-state index in [0.717, 1.165) is 6.92 Å². The van der Waals surface area contributed by atoms with Crippen LogP contribution in [0, 0.1) is 0 Å². The van der Waals surface area contributed by atoms with E-state index in [1.54, 1.807) is 5.32 Å². The molecule has 0 radical (unpaired) electrons. The van der Waals surface area contributed by atoms with Gasteiger partial charge in [-0.25, -0.2) is 4.79 Å². The molecule has 8 heteroatoms. The van der Waals surface area contributed by atoms with Gasteiger partial charge in [0.2, 0.25) is 11.4 Å². The molecule has 5 nitrogen and oxygen atoms in total. The van der Waals surface area contributed by atoms with Crippen molar-refractivity contribution in [2.24, 2.45) is 0 Å². The van der Waals surface area contributed by atoms with Crippen molar-refractivity contribution in [3.05, 3.63) is 12.7 Å². The summed E-state index contributed by atoms with van der Waals surface area (Å²) in [7, 11) is 0. The molecule has 0 spiro atoms. The van der Waals surface area contributed by atoms with Crippen molar-refractivity contribution in [3.8, 4) is 0 Å². The summed E-state index contributed by atoms with van der Waals surface area (Å²) in [6.45, 7) is 5.02. The number of alkyl halides is 3. The lowest BCUT2D eigenvalue weighted by molar-refractivity contribution is -0.207. The maximum atomic E-state index is 12.6. The molecule has 0 aromatic rings. The van der Waals surface area contributed by atoms with Crippen molar-refractivity contribution >= 4 is 11.9 Å². The largest absolute Gasteiger partial charge is 0.480 e. The zero-order chi connectivity index (χ0) is 14.6. The van der Waals surface area contributed by atoms with Crippen LogP contribution < -0.4 is 10.6 Å². The molecular weight excluding hydrogens is 253 g/mol. The minimum absolute atomic E-state index is 0.0840. The van der Waals surface area contributed by atoms with Crippen molar-refractivity contribution in [2.75, 3.05) is 6.54 Å². The van der Waals surface area contributed by atoms with Gasteiger partial charge in [0.25, 0.3) is 0 Å². The second-order valence-corrected chi connectivity index (χ2v) is 3.83. The third-order valence-electron chi connectivity index (χ3n) is 2.31. The number of hydrogen-bond donors (Lipinski definition) is 3. The van der Waals surface area contributed by atoms with Crippen LogP contribution in [0.15, 0.2) is 12.7 Å². The van der Waals surface area contributed by atoms with Gasteiger partial charge in [0, 0.05) is 6.54 Å². The number of aliphatic carboxylic acids is 1. The van der Waals surface area contributed by atoms with Crippen LogP contribution in [0.2, 0.25) is 0 Å². The molecule has 18 heavy (non-hydrogen) atoms. The highest BCUT2D eigenvalue weighted by atomic mass is 19.4. The lowest BCUT2D eigenvalue weighted by atomic mass is 10.0. The molecule has 0 heterocycles. The maximum absolute atomic E-state index is 12.6. The average Bonchev–Trinajstić information content (AvgIpc) is 2.23. The average molecular weight is 268 g/mol. The number of amides is 1. The lowest BCUT2D eigenvalue weighted by Crippen LogP contribution is -2.64. The quantitative estimate of drug-likeness (QED) is 0.619. The van der Waals surface area contributed by atoms with Gasteiger partial charge < -0.3 is 10.4 Å². The molecule has 0 aliphatic rings. The molecule has 0 aromatic heterocycles. The van der Waals surface area contributed by atoms with Gasteiger partial charge in [0.05, 0.1) is 6.04 Å². The van der Waals surface area contributed by atoms with Crippen molar-refractivity contribution in [3.63, 3.8) is 0 Å². The standard InChI is InChI=1S/C10H15F3N2O3/c1-4-5-14-7(16)6(2)15-9(3,8(17)18)10(11,12)13/h4,6,15H,1,5H2,2-3H3,(H,14,16)(H,17,18). The predicted octanol–water partition coefficient (Wildman–Crippen LogP) is 0.672. The Morgan fingerprint density at radius 2 is 1.94 bits per heavy atom. The fraction of sp³-hybridized carbons (Fsp3) is 0.600. The number of rotatable bonds is 6. The van der Waals surface area contributed by atoms with Crippen LogP contribution in [0.4, 0.5) is 13.2 Å². The Balaban J connectivity index is 4.86. The number of carboxylic acid groups (broad SMARTS) is 1. The van der Waals surface area contributed by atoms with Crippen molar-refractivity contribution in [2.45, 2.75) is 31.6 Å². The number of carbonyl (C=O) groups is 2. The van der Waals surface area contributed by atoms with Crippen LogP contribution in [0.3, 0.4) is 0 Å². The Labute approximate surface area is 102 Å². The second-order valence-electron chi connectivity index (χ2n) is 3.83. The van der Waals surface area contributed by atoms with E-state index in [0.29, 0.717) is 6.92 Å². The Morgan fingerprint density at radius 1 is 1.44 bits per heavy atom. The monoisotopic (exact) mass is 268 g/mol. The highest BCUT2D eigenvalue weighted by Crippen LogP contribution is 2.30. The third-order valence-corrected chi connectivity index (χ3v) is 2.31. The summed E-state index contributed by atoms with van der Waals surface area (Å²) in [5, 5.41) is 12.7. The van der Waals surface area contributed by atoms with E-state index < -0.39 is 29.6 Å². The summed E-state index contributed by atoms with van der Waals surface area (Å²) >= 11 is 0. The molecule has 0 aromatic carbocycles. The molecule has 1 amide bonds. The lowest BCUT2D eigenvalue weighted by Gasteiger charge is -2.31. The molecule has 0 aliphatic heterocycles. The number of hydrogen-bond acceptors (Lipinski definition) is 3. The van der Waals surface area contributed by atoms with Gasteiger partial charge in [0.1, 0.15) is 0 Å². The van der Waals surface area contributed by atoms with Crippen LogP contribution in [0.1, 0.15) is 13.8 Å². The smallest absolute Gasteiger partial charge is 0.417 e. The fourth-order valence-corrected chi connectivity index (χ4v) is 1.09. The molecule has 104 valence electrons. The summed E-state index contributed by atoms with van der Waals surface area (Å²) in [6.07, 6.45) is -3.67. The number of carbonyl (C=O) groups excluding carboxylic acids is 1. The van der Waals surface area contributed by atoms with Gasteiger partial charge >= 0.3 is 12.1 Å². The van der Waals surface area contributed by atoms with Gasteiger partial charge in [-0.3, -0.25) is 10.1 Å². The van der Waals surface area contributed by atoms with Gasteiger partial charge in [-0.2, -0.15) is 13.2 Å². The third kappa shape index (κ3) is 3.73. The molecule has 2 atom stereocenters. The number of carboxylic acids is 1. The molecule has 0 bridgehead atoms. The van der Waals surface area contributed by atoms with Crippen LogP contribution >= 0.6 is 0 Å². The van der Waals surface area contributed by atoms with E-state index in [9.17, 15) is 22.8 Å². The molecular formula is C10H15F3N2O3. The molecule has 3 N–H and O–H groups in total. The minimum atomic E-state index is -5.02. The summed E-state index contributed by atoms with van der Waals surface area (Å²) < 4.78 is 37.9. The second kappa shape index (κ2) is 5.85. The van der Waals surface area contributed by atoms with Crippen molar-refractivity contribution in [1.82, 2.24) is 10.6 Å². The molecule has 0 fully saturated rings. The minimum Gasteiger partial charge on any atom is -0.480 e. The SMILES string of the molecule is C=CCNC(=O)C(C)NC(C)(C(=O)O)C(F)(F)F. The molecule has 0 saturated heterocycles. The summed E-state index contributed by atoms with van der Waals surface area (Å²) in [5.74, 6) is -2.84. The van der Waals surface area contributed by atoms with Crippen LogP contribution in [0.25, 0.3) is 0 Å². The first-order valence-corrected chi connectivity index (χ1v) is 5.02. The van der Waals surface area contributed by atoms with Crippen molar-refractivity contribution < 1.29 is 27.9 Å². The molecule has 0 aliphatic carbocycles. The van der Waals surface area contributed by atoms with Gasteiger partial charge in [-0.05, 0) is 13.8 Å². The maximum Gasteiger partial charge on any atom is 0.417 e. The predicted molar refractivity (Wildman–Crippen MR) is 57.9 cm³/mol. The highest BCUT2D eigenvalue weighted by Gasteiger charge is 2.58. The normalized spacial score (nSPS) is 16.5. The van der Waals surface area contributed by atoms with E-state index in [1.807, 2.05) is 0 Å². The zero-order valence-electron chi connectivity index (χ0n) is 9.97. The molecule has 0 rings (SSSR count). The van der Waals surface area contributed by atoms with Crippen LogP contribution in [-0.4, -0.2) is 41.3 Å². The topological polar surface area (TPSA) is 78.4 Å². The van der Waals surface area contributed by atoms with Crippen LogP contribution in [0.5, 0.6) is 0 Å².